The minimum absolute atomic E-state index is 0.117. The number of amides is 1. The lowest BCUT2D eigenvalue weighted by Crippen LogP contribution is -2.29. The molecule has 0 unspecified atom stereocenters. The molecule has 1 amide bonds. The smallest absolute Gasteiger partial charge is 0.263 e. The molecule has 0 fully saturated rings. The van der Waals surface area contributed by atoms with Crippen LogP contribution in [0.5, 0.6) is 0 Å². The van der Waals surface area contributed by atoms with Crippen LogP contribution in [0.15, 0.2) is 11.0 Å². The molecule has 0 saturated carbocycles. The van der Waals surface area contributed by atoms with Crippen molar-refractivity contribution in [1.29, 1.82) is 0 Å². The zero-order chi connectivity index (χ0) is 12.6. The number of hydrogen-bond acceptors (Lipinski definition) is 4. The Kier molecular flexibility index (Phi) is 2.45. The molecular weight excluding hydrogens is 222 g/mol. The van der Waals surface area contributed by atoms with E-state index in [-0.39, 0.29) is 17.4 Å². The minimum Gasteiger partial charge on any atom is -0.296 e. The number of H-pyrrole nitrogens is 2. The van der Waals surface area contributed by atoms with Gasteiger partial charge in [-0.1, -0.05) is 20.8 Å². The Morgan fingerprint density at radius 3 is 2.76 bits per heavy atom. The number of nitrogens with one attached hydrogen (secondary N) is 3. The summed E-state index contributed by atoms with van der Waals surface area (Å²) >= 11 is 0. The number of carbonyl (C=O) groups excluding carboxylic acids is 1. The summed E-state index contributed by atoms with van der Waals surface area (Å²) in [6, 6.07) is 0. The fourth-order valence-corrected chi connectivity index (χ4v) is 1.20. The third-order valence-electron chi connectivity index (χ3n) is 2.23. The Hall–Kier alpha value is -2.18. The molecule has 2 aromatic heterocycles. The maximum Gasteiger partial charge on any atom is 0.263 e. The highest BCUT2D eigenvalue weighted by Gasteiger charge is 2.22. The monoisotopic (exact) mass is 235 g/mol. The number of aromatic nitrogens is 4. The van der Waals surface area contributed by atoms with Gasteiger partial charge in [-0.2, -0.15) is 10.1 Å². The van der Waals surface area contributed by atoms with Crippen molar-refractivity contribution >= 4 is 22.9 Å². The first-order valence-corrected chi connectivity index (χ1v) is 5.13. The highest BCUT2D eigenvalue weighted by molar-refractivity contribution is 5.93. The number of fused-ring (bicyclic) bond motifs is 1. The minimum atomic E-state index is -0.554. The molecule has 0 saturated heterocycles. The number of anilines is 1. The summed E-state index contributed by atoms with van der Waals surface area (Å²) in [4.78, 5) is 29.8. The van der Waals surface area contributed by atoms with E-state index >= 15 is 0 Å². The molecule has 0 aliphatic rings. The lowest BCUT2D eigenvalue weighted by atomic mass is 9.96. The van der Waals surface area contributed by atoms with E-state index in [4.69, 9.17) is 0 Å². The van der Waals surface area contributed by atoms with Gasteiger partial charge in [0.2, 0.25) is 11.9 Å². The fraction of sp³-hybridized carbons (Fsp3) is 0.400. The van der Waals surface area contributed by atoms with Crippen LogP contribution in [0.2, 0.25) is 0 Å². The summed E-state index contributed by atoms with van der Waals surface area (Å²) in [6.45, 7) is 5.32. The van der Waals surface area contributed by atoms with Gasteiger partial charge in [0, 0.05) is 5.41 Å². The SMILES string of the molecule is CC(C)(C)C(=O)Nc1nc2[nH]ncc2c(=O)[nH]1. The first-order valence-electron chi connectivity index (χ1n) is 5.13. The van der Waals surface area contributed by atoms with Crippen LogP contribution in [-0.4, -0.2) is 26.1 Å². The topological polar surface area (TPSA) is 104 Å². The van der Waals surface area contributed by atoms with Gasteiger partial charge in [0.1, 0.15) is 5.39 Å². The van der Waals surface area contributed by atoms with E-state index in [9.17, 15) is 9.59 Å². The molecule has 0 radical (unpaired) electrons. The number of carbonyl (C=O) groups is 1. The second-order valence-corrected chi connectivity index (χ2v) is 4.75. The van der Waals surface area contributed by atoms with Crippen molar-refractivity contribution in [2.45, 2.75) is 20.8 Å². The molecule has 0 aliphatic carbocycles. The zero-order valence-electron chi connectivity index (χ0n) is 9.79. The number of nitrogens with zero attached hydrogens (tertiary/aromatic N) is 2. The molecule has 17 heavy (non-hydrogen) atoms. The maximum absolute atomic E-state index is 11.7. The third-order valence-corrected chi connectivity index (χ3v) is 2.23. The normalized spacial score (nSPS) is 11.7. The third kappa shape index (κ3) is 2.17. The van der Waals surface area contributed by atoms with Crippen LogP contribution < -0.4 is 10.9 Å². The van der Waals surface area contributed by atoms with Crippen molar-refractivity contribution in [2.24, 2.45) is 5.41 Å². The second-order valence-electron chi connectivity index (χ2n) is 4.75. The summed E-state index contributed by atoms with van der Waals surface area (Å²) in [5.74, 6) is -0.105. The average molecular weight is 235 g/mol. The van der Waals surface area contributed by atoms with Crippen molar-refractivity contribution in [1.82, 2.24) is 20.2 Å². The number of rotatable bonds is 1. The van der Waals surface area contributed by atoms with Gasteiger partial charge in [-0.25, -0.2) is 0 Å². The molecule has 0 bridgehead atoms. The van der Waals surface area contributed by atoms with Gasteiger partial charge in [0.15, 0.2) is 5.65 Å². The van der Waals surface area contributed by atoms with Crippen LogP contribution in [0.4, 0.5) is 5.95 Å². The Labute approximate surface area is 96.6 Å². The van der Waals surface area contributed by atoms with Crippen LogP contribution >= 0.6 is 0 Å². The van der Waals surface area contributed by atoms with E-state index in [1.54, 1.807) is 20.8 Å². The van der Waals surface area contributed by atoms with Gasteiger partial charge in [-0.05, 0) is 0 Å². The largest absolute Gasteiger partial charge is 0.296 e. The average Bonchev–Trinajstić information content (AvgIpc) is 2.64. The van der Waals surface area contributed by atoms with Gasteiger partial charge in [-0.3, -0.25) is 25.0 Å². The predicted octanol–water partition coefficient (Wildman–Crippen LogP) is 0.631. The highest BCUT2D eigenvalue weighted by Crippen LogP contribution is 2.15. The van der Waals surface area contributed by atoms with E-state index in [2.05, 4.69) is 25.5 Å². The number of aromatic amines is 2. The molecule has 0 spiro atoms. The molecule has 7 nitrogen and oxygen atoms in total. The van der Waals surface area contributed by atoms with Gasteiger partial charge < -0.3 is 0 Å². The Morgan fingerprint density at radius 2 is 2.12 bits per heavy atom. The lowest BCUT2D eigenvalue weighted by Gasteiger charge is -2.16. The molecule has 7 heteroatoms. The van der Waals surface area contributed by atoms with Crippen molar-refractivity contribution in [3.05, 3.63) is 16.6 Å². The zero-order valence-corrected chi connectivity index (χ0v) is 9.79. The fourth-order valence-electron chi connectivity index (χ4n) is 1.20. The summed E-state index contributed by atoms with van der Waals surface area (Å²) in [5, 5.41) is 9.20. The summed E-state index contributed by atoms with van der Waals surface area (Å²) in [7, 11) is 0. The van der Waals surface area contributed by atoms with Gasteiger partial charge in [0.05, 0.1) is 6.20 Å². The molecular formula is C10H13N5O2. The lowest BCUT2D eigenvalue weighted by molar-refractivity contribution is -0.123. The molecule has 0 atom stereocenters. The molecule has 0 aromatic carbocycles. The first kappa shape index (κ1) is 11.3. The van der Waals surface area contributed by atoms with E-state index in [0.717, 1.165) is 0 Å². The number of hydrogen-bond donors (Lipinski definition) is 3. The van der Waals surface area contributed by atoms with Gasteiger partial charge >= 0.3 is 0 Å². The predicted molar refractivity (Wildman–Crippen MR) is 62.6 cm³/mol. The van der Waals surface area contributed by atoms with E-state index in [1.165, 1.54) is 6.20 Å². The van der Waals surface area contributed by atoms with Gasteiger partial charge in [0.25, 0.3) is 5.56 Å². The van der Waals surface area contributed by atoms with Crippen LogP contribution in [0.1, 0.15) is 20.8 Å². The molecule has 2 aromatic rings. The molecule has 2 rings (SSSR count). The Balaban J connectivity index is 2.37. The quantitative estimate of drug-likeness (QED) is 0.674. The maximum atomic E-state index is 11.7. The first-order chi connectivity index (χ1) is 7.88. The van der Waals surface area contributed by atoms with Crippen molar-refractivity contribution in [3.8, 4) is 0 Å². The Bertz CT molecular complexity index is 619. The molecule has 90 valence electrons. The van der Waals surface area contributed by atoms with Crippen LogP contribution in [0, 0.1) is 5.41 Å². The molecule has 0 aliphatic heterocycles. The van der Waals surface area contributed by atoms with Crippen molar-refractivity contribution < 1.29 is 4.79 Å². The van der Waals surface area contributed by atoms with E-state index in [0.29, 0.717) is 11.0 Å². The van der Waals surface area contributed by atoms with Crippen LogP contribution in [0.3, 0.4) is 0 Å². The molecule has 2 heterocycles. The summed E-state index contributed by atoms with van der Waals surface area (Å²) < 4.78 is 0. The standard InChI is InChI=1S/C10H13N5O2/c1-10(2,3)8(17)14-9-12-6-5(4-11-15-6)7(16)13-9/h4H,1-3H3,(H3,11,12,13,14,15,16,17). The highest BCUT2D eigenvalue weighted by atomic mass is 16.2. The van der Waals surface area contributed by atoms with Crippen LogP contribution in [-0.2, 0) is 4.79 Å². The van der Waals surface area contributed by atoms with Crippen molar-refractivity contribution in [3.63, 3.8) is 0 Å². The van der Waals surface area contributed by atoms with E-state index in [1.807, 2.05) is 0 Å². The second kappa shape index (κ2) is 3.69. The van der Waals surface area contributed by atoms with E-state index < -0.39 is 5.41 Å². The van der Waals surface area contributed by atoms with Gasteiger partial charge in [-0.15, -0.1) is 0 Å². The summed E-state index contributed by atoms with van der Waals surface area (Å²) in [6.07, 6.45) is 1.39. The van der Waals surface area contributed by atoms with Crippen molar-refractivity contribution in [2.75, 3.05) is 5.32 Å². The molecule has 3 N–H and O–H groups in total. The summed E-state index contributed by atoms with van der Waals surface area (Å²) in [5.41, 5.74) is -0.549. The van der Waals surface area contributed by atoms with Crippen LogP contribution in [0.25, 0.3) is 11.0 Å². The Morgan fingerprint density at radius 1 is 1.41 bits per heavy atom.